The van der Waals surface area contributed by atoms with Crippen LogP contribution in [0.2, 0.25) is 0 Å². The van der Waals surface area contributed by atoms with Crippen molar-refractivity contribution in [2.24, 2.45) is 29.6 Å². The first kappa shape index (κ1) is 20.3. The molecule has 1 aromatic carbocycles. The lowest BCUT2D eigenvalue weighted by atomic mass is 9.57. The van der Waals surface area contributed by atoms with Crippen molar-refractivity contribution >= 4 is 6.08 Å². The predicted molar refractivity (Wildman–Crippen MR) is 117 cm³/mol. The number of allylic oxidation sites excluding steroid dienone is 1. The second-order valence-electron chi connectivity index (χ2n) is 8.88. The molecule has 0 aliphatic heterocycles. The number of fused-ring (bicyclic) bond motifs is 1. The van der Waals surface area contributed by atoms with Gasteiger partial charge in [-0.15, -0.1) is 0 Å². The predicted octanol–water partition coefficient (Wildman–Crippen LogP) is 6.36. The second kappa shape index (κ2) is 9.21. The number of aromatic nitrogens is 1. The molecule has 2 aliphatic carbocycles. The number of hydrogen-bond donors (Lipinski definition) is 1. The summed E-state index contributed by atoms with van der Waals surface area (Å²) >= 11 is 0. The Balaban J connectivity index is 1.54. The first-order chi connectivity index (χ1) is 14.2. The van der Waals surface area contributed by atoms with Gasteiger partial charge in [0.25, 0.3) is 0 Å². The topological polar surface area (TPSA) is 33.1 Å². The van der Waals surface area contributed by atoms with Gasteiger partial charge in [0.2, 0.25) is 0 Å². The van der Waals surface area contributed by atoms with E-state index in [1.165, 1.54) is 38.2 Å². The monoisotopic (exact) mass is 393 g/mol. The minimum absolute atomic E-state index is 0.227. The largest absolute Gasteiger partial charge is 0.396 e. The zero-order valence-electron chi connectivity index (χ0n) is 17.3. The molecule has 0 radical (unpaired) electrons. The molecule has 2 fully saturated rings. The minimum Gasteiger partial charge on any atom is -0.396 e. The Kier molecular flexibility index (Phi) is 6.44. The van der Waals surface area contributed by atoms with E-state index >= 15 is 0 Å². The van der Waals surface area contributed by atoms with Gasteiger partial charge in [0.1, 0.15) is 5.82 Å². The lowest BCUT2D eigenvalue weighted by molar-refractivity contribution is 0.00715. The number of aliphatic hydroxyl groups excluding tert-OH is 1. The molecule has 1 aromatic heterocycles. The molecule has 4 rings (SSSR count). The molecular weight excluding hydrogens is 361 g/mol. The van der Waals surface area contributed by atoms with E-state index in [0.29, 0.717) is 24.4 Å². The molecule has 0 amide bonds. The number of pyridine rings is 1. The van der Waals surface area contributed by atoms with Gasteiger partial charge in [-0.3, -0.25) is 4.98 Å². The highest BCUT2D eigenvalue weighted by Crippen LogP contribution is 2.50. The molecule has 154 valence electrons. The summed E-state index contributed by atoms with van der Waals surface area (Å²) in [6, 6.07) is 10.7. The first-order valence-corrected chi connectivity index (χ1v) is 11.2. The van der Waals surface area contributed by atoms with Crippen molar-refractivity contribution in [3.05, 3.63) is 60.2 Å². The SMILES string of the molecule is CC[C@H]1[C@H](CO)C[C@@H]2CCCC[C@H]2[C@@H]1C=Cc1ccc(-c2cccc(F)c2)cn1. The summed E-state index contributed by atoms with van der Waals surface area (Å²) in [5, 5.41) is 9.98. The van der Waals surface area contributed by atoms with Gasteiger partial charge in [0, 0.05) is 18.4 Å². The second-order valence-corrected chi connectivity index (χ2v) is 8.88. The standard InChI is InChI=1S/C26H32FNO/c1-2-24-21(17-29)14-19-6-3-4-9-25(19)26(24)13-12-23-11-10-20(16-28-23)18-7-5-8-22(27)15-18/h5,7-8,10-13,15-16,19,21,24-26,29H,2-4,6,9,14,17H2,1H3/t19-,21-,24-,25+,26+/m0/s1. The Hall–Kier alpha value is -2.00. The van der Waals surface area contributed by atoms with Gasteiger partial charge in [-0.1, -0.05) is 56.9 Å². The van der Waals surface area contributed by atoms with E-state index in [4.69, 9.17) is 0 Å². The maximum absolute atomic E-state index is 13.5. The van der Waals surface area contributed by atoms with Crippen LogP contribution >= 0.6 is 0 Å². The van der Waals surface area contributed by atoms with Gasteiger partial charge in [-0.25, -0.2) is 4.39 Å². The quantitative estimate of drug-likeness (QED) is 0.641. The number of nitrogens with zero attached hydrogens (tertiary/aromatic N) is 1. The van der Waals surface area contributed by atoms with Gasteiger partial charge in [-0.05, 0) is 72.3 Å². The summed E-state index contributed by atoms with van der Waals surface area (Å²) in [4.78, 5) is 4.60. The van der Waals surface area contributed by atoms with Crippen LogP contribution in [0.1, 0.15) is 51.1 Å². The highest BCUT2D eigenvalue weighted by Gasteiger charge is 2.42. The van der Waals surface area contributed by atoms with E-state index in [-0.39, 0.29) is 5.82 Å². The van der Waals surface area contributed by atoms with Crippen LogP contribution in [0.4, 0.5) is 4.39 Å². The summed E-state index contributed by atoms with van der Waals surface area (Å²) in [5.74, 6) is 2.80. The first-order valence-electron chi connectivity index (χ1n) is 11.2. The molecule has 0 unspecified atom stereocenters. The van der Waals surface area contributed by atoms with E-state index < -0.39 is 0 Å². The number of halogens is 1. The molecule has 2 aliphatic rings. The average Bonchev–Trinajstić information content (AvgIpc) is 2.77. The van der Waals surface area contributed by atoms with Gasteiger partial charge < -0.3 is 5.11 Å². The molecule has 29 heavy (non-hydrogen) atoms. The van der Waals surface area contributed by atoms with Crippen LogP contribution in [0.5, 0.6) is 0 Å². The lowest BCUT2D eigenvalue weighted by Gasteiger charge is -2.48. The van der Waals surface area contributed by atoms with Crippen molar-refractivity contribution in [3.63, 3.8) is 0 Å². The van der Waals surface area contributed by atoms with Crippen LogP contribution in [0.25, 0.3) is 17.2 Å². The lowest BCUT2D eigenvalue weighted by Crippen LogP contribution is -2.41. The highest BCUT2D eigenvalue weighted by molar-refractivity contribution is 5.63. The Morgan fingerprint density at radius 3 is 2.72 bits per heavy atom. The maximum atomic E-state index is 13.5. The van der Waals surface area contributed by atoms with Crippen LogP contribution in [0, 0.1) is 35.4 Å². The highest BCUT2D eigenvalue weighted by atomic mass is 19.1. The van der Waals surface area contributed by atoms with Crippen molar-refractivity contribution in [1.29, 1.82) is 0 Å². The summed E-state index contributed by atoms with van der Waals surface area (Å²) in [5.41, 5.74) is 2.72. The fraction of sp³-hybridized carbons (Fsp3) is 0.500. The number of benzene rings is 1. The zero-order chi connectivity index (χ0) is 20.2. The summed E-state index contributed by atoms with van der Waals surface area (Å²) in [7, 11) is 0. The molecule has 3 heteroatoms. The molecule has 1 heterocycles. The molecular formula is C26H32FNO. The van der Waals surface area contributed by atoms with Gasteiger partial charge in [-0.2, -0.15) is 0 Å². The fourth-order valence-electron chi connectivity index (χ4n) is 5.88. The molecule has 2 nitrogen and oxygen atoms in total. The third-order valence-corrected chi connectivity index (χ3v) is 7.31. The third kappa shape index (κ3) is 4.45. The Morgan fingerprint density at radius 1 is 1.14 bits per heavy atom. The van der Waals surface area contributed by atoms with Crippen LogP contribution in [-0.4, -0.2) is 16.7 Å². The number of hydrogen-bond acceptors (Lipinski definition) is 2. The zero-order valence-corrected chi connectivity index (χ0v) is 17.3. The van der Waals surface area contributed by atoms with Crippen molar-refractivity contribution in [3.8, 4) is 11.1 Å². The van der Waals surface area contributed by atoms with Crippen LogP contribution < -0.4 is 0 Å². The van der Waals surface area contributed by atoms with Gasteiger partial charge in [0.05, 0.1) is 5.69 Å². The number of aliphatic hydroxyl groups is 1. The molecule has 0 bridgehead atoms. The Morgan fingerprint density at radius 2 is 2.00 bits per heavy atom. The molecule has 0 spiro atoms. The number of rotatable bonds is 5. The fourth-order valence-corrected chi connectivity index (χ4v) is 5.88. The van der Waals surface area contributed by atoms with E-state index in [1.54, 1.807) is 12.1 Å². The minimum atomic E-state index is -0.227. The average molecular weight is 394 g/mol. The van der Waals surface area contributed by atoms with Crippen molar-refractivity contribution in [1.82, 2.24) is 4.98 Å². The van der Waals surface area contributed by atoms with Crippen LogP contribution in [0.15, 0.2) is 48.7 Å². The maximum Gasteiger partial charge on any atom is 0.123 e. The molecule has 1 N–H and O–H groups in total. The molecule has 2 aromatic rings. The molecule has 5 atom stereocenters. The van der Waals surface area contributed by atoms with Gasteiger partial charge in [0.15, 0.2) is 0 Å². The third-order valence-electron chi connectivity index (χ3n) is 7.31. The van der Waals surface area contributed by atoms with Crippen molar-refractivity contribution < 1.29 is 9.50 Å². The van der Waals surface area contributed by atoms with E-state index in [0.717, 1.165) is 35.1 Å². The summed E-state index contributed by atoms with van der Waals surface area (Å²) < 4.78 is 13.5. The molecule has 2 saturated carbocycles. The molecule has 0 saturated heterocycles. The summed E-state index contributed by atoms with van der Waals surface area (Å²) in [6.07, 6.45) is 14.0. The van der Waals surface area contributed by atoms with E-state index in [1.807, 2.05) is 24.4 Å². The van der Waals surface area contributed by atoms with Gasteiger partial charge >= 0.3 is 0 Å². The Labute approximate surface area is 173 Å². The van der Waals surface area contributed by atoms with Crippen molar-refractivity contribution in [2.45, 2.75) is 45.4 Å². The van der Waals surface area contributed by atoms with E-state index in [2.05, 4.69) is 24.1 Å². The summed E-state index contributed by atoms with van der Waals surface area (Å²) in [6.45, 7) is 2.58. The Bertz CT molecular complexity index is 825. The van der Waals surface area contributed by atoms with Crippen LogP contribution in [-0.2, 0) is 0 Å². The van der Waals surface area contributed by atoms with Crippen molar-refractivity contribution in [2.75, 3.05) is 6.61 Å². The smallest absolute Gasteiger partial charge is 0.123 e. The van der Waals surface area contributed by atoms with E-state index in [9.17, 15) is 9.50 Å². The normalized spacial score (nSPS) is 29.7. The van der Waals surface area contributed by atoms with Crippen LogP contribution in [0.3, 0.4) is 0 Å².